The Hall–Kier alpha value is -1.12. The molecular weight excluding hydrogens is 216 g/mol. The van der Waals surface area contributed by atoms with Crippen molar-refractivity contribution in [2.45, 2.75) is 40.0 Å². The summed E-state index contributed by atoms with van der Waals surface area (Å²) in [6, 6.07) is 0. The first-order chi connectivity index (χ1) is 7.78. The van der Waals surface area contributed by atoms with E-state index < -0.39 is 5.41 Å². The maximum absolute atomic E-state index is 12.1. The molecule has 2 aliphatic rings. The Morgan fingerprint density at radius 1 is 1.47 bits per heavy atom. The highest BCUT2D eigenvalue weighted by Crippen LogP contribution is 2.57. The van der Waals surface area contributed by atoms with E-state index in [9.17, 15) is 9.59 Å². The summed E-state index contributed by atoms with van der Waals surface area (Å²) in [6.07, 6.45) is 3.92. The first-order valence-electron chi connectivity index (χ1n) is 6.10. The third kappa shape index (κ3) is 1.92. The summed E-state index contributed by atoms with van der Waals surface area (Å²) in [5, 5.41) is 0. The van der Waals surface area contributed by atoms with Crippen LogP contribution in [0, 0.1) is 16.7 Å². The van der Waals surface area contributed by atoms with Crippen molar-refractivity contribution < 1.29 is 14.3 Å². The lowest BCUT2D eigenvalue weighted by atomic mass is 9.72. The molecule has 0 aliphatic heterocycles. The third-order valence-electron chi connectivity index (χ3n) is 4.27. The molecule has 2 aliphatic carbocycles. The van der Waals surface area contributed by atoms with Crippen LogP contribution in [-0.2, 0) is 14.3 Å². The van der Waals surface area contributed by atoms with E-state index in [-0.39, 0.29) is 29.5 Å². The number of carbonyl (C=O) groups is 2. The van der Waals surface area contributed by atoms with Gasteiger partial charge in [-0.05, 0) is 30.3 Å². The standard InChI is InChI=1S/C14H20O3/c1-13(2)6-9-5-11(15)14(3,10(9)7-13)8-12(16)17-4/h5,10H,6-8H2,1-4H3/t10-,14+/m1/s1. The third-order valence-corrected chi connectivity index (χ3v) is 4.27. The van der Waals surface area contributed by atoms with Gasteiger partial charge in [0.2, 0.25) is 0 Å². The summed E-state index contributed by atoms with van der Waals surface area (Å²) in [7, 11) is 1.37. The van der Waals surface area contributed by atoms with Crippen LogP contribution in [0.15, 0.2) is 11.6 Å². The van der Waals surface area contributed by atoms with Gasteiger partial charge in [-0.3, -0.25) is 9.59 Å². The van der Waals surface area contributed by atoms with Crippen molar-refractivity contribution >= 4 is 11.8 Å². The van der Waals surface area contributed by atoms with Gasteiger partial charge in [0, 0.05) is 5.41 Å². The molecule has 0 aromatic heterocycles. The highest BCUT2D eigenvalue weighted by Gasteiger charge is 2.53. The van der Waals surface area contributed by atoms with E-state index in [2.05, 4.69) is 13.8 Å². The molecule has 0 saturated heterocycles. The second-order valence-corrected chi connectivity index (χ2v) is 6.35. The summed E-state index contributed by atoms with van der Waals surface area (Å²) >= 11 is 0. The molecule has 0 N–H and O–H groups in total. The average Bonchev–Trinajstić information content (AvgIpc) is 2.62. The SMILES string of the molecule is COC(=O)C[C@]1(C)C(=O)C=C2CC(C)(C)C[C@H]21. The quantitative estimate of drug-likeness (QED) is 0.692. The zero-order valence-corrected chi connectivity index (χ0v) is 11.0. The molecule has 0 aromatic rings. The molecule has 1 saturated carbocycles. The zero-order valence-electron chi connectivity index (χ0n) is 11.0. The van der Waals surface area contributed by atoms with E-state index >= 15 is 0 Å². The van der Waals surface area contributed by atoms with Crippen molar-refractivity contribution in [3.63, 3.8) is 0 Å². The number of rotatable bonds is 2. The lowest BCUT2D eigenvalue weighted by Crippen LogP contribution is -2.33. The Kier molecular flexibility index (Phi) is 2.68. The van der Waals surface area contributed by atoms with Crippen molar-refractivity contribution in [2.24, 2.45) is 16.7 Å². The minimum absolute atomic E-state index is 0.0957. The lowest BCUT2D eigenvalue weighted by Gasteiger charge is -2.29. The molecule has 17 heavy (non-hydrogen) atoms. The Labute approximate surface area is 102 Å². The van der Waals surface area contributed by atoms with Crippen LogP contribution < -0.4 is 0 Å². The van der Waals surface area contributed by atoms with Gasteiger partial charge in [-0.2, -0.15) is 0 Å². The molecule has 2 rings (SSSR count). The fourth-order valence-corrected chi connectivity index (χ4v) is 3.31. The van der Waals surface area contributed by atoms with Crippen LogP contribution in [0.5, 0.6) is 0 Å². The highest BCUT2D eigenvalue weighted by molar-refractivity contribution is 6.01. The van der Waals surface area contributed by atoms with Crippen molar-refractivity contribution in [1.82, 2.24) is 0 Å². The summed E-state index contributed by atoms with van der Waals surface area (Å²) in [5.74, 6) is 0.0303. The number of methoxy groups -OCH3 is 1. The number of allylic oxidation sites excluding steroid dienone is 2. The summed E-state index contributed by atoms with van der Waals surface area (Å²) in [5.41, 5.74) is 0.900. The van der Waals surface area contributed by atoms with Crippen LogP contribution in [0.25, 0.3) is 0 Å². The molecule has 1 fully saturated rings. The number of hydrogen-bond donors (Lipinski definition) is 0. The summed E-state index contributed by atoms with van der Waals surface area (Å²) in [6.45, 7) is 6.34. The molecule has 0 radical (unpaired) electrons. The number of carbonyl (C=O) groups excluding carboxylic acids is 2. The number of ketones is 1. The average molecular weight is 236 g/mol. The van der Waals surface area contributed by atoms with Crippen LogP contribution in [0.4, 0.5) is 0 Å². The molecule has 2 atom stereocenters. The van der Waals surface area contributed by atoms with Gasteiger partial charge >= 0.3 is 5.97 Å². The first kappa shape index (κ1) is 12.3. The topological polar surface area (TPSA) is 43.4 Å². The molecule has 94 valence electrons. The molecule has 0 unspecified atom stereocenters. The van der Waals surface area contributed by atoms with Gasteiger partial charge in [0.1, 0.15) is 0 Å². The molecule has 3 heteroatoms. The van der Waals surface area contributed by atoms with E-state index in [1.807, 2.05) is 6.92 Å². The molecular formula is C14H20O3. The Morgan fingerprint density at radius 3 is 2.71 bits per heavy atom. The number of esters is 1. The van der Waals surface area contributed by atoms with Gasteiger partial charge < -0.3 is 4.74 Å². The molecule has 0 heterocycles. The van der Waals surface area contributed by atoms with Crippen LogP contribution in [0.3, 0.4) is 0 Å². The molecule has 0 spiro atoms. The van der Waals surface area contributed by atoms with Gasteiger partial charge in [-0.1, -0.05) is 26.3 Å². The fourth-order valence-electron chi connectivity index (χ4n) is 3.31. The zero-order chi connectivity index (χ0) is 12.8. The second-order valence-electron chi connectivity index (χ2n) is 6.35. The van der Waals surface area contributed by atoms with E-state index in [1.165, 1.54) is 12.7 Å². The molecule has 3 nitrogen and oxygen atoms in total. The van der Waals surface area contributed by atoms with Crippen LogP contribution >= 0.6 is 0 Å². The summed E-state index contributed by atoms with van der Waals surface area (Å²) in [4.78, 5) is 23.6. The predicted molar refractivity (Wildman–Crippen MR) is 64.3 cm³/mol. The number of hydrogen-bond acceptors (Lipinski definition) is 3. The van der Waals surface area contributed by atoms with E-state index in [4.69, 9.17) is 4.74 Å². The lowest BCUT2D eigenvalue weighted by molar-refractivity contribution is -0.146. The number of ether oxygens (including phenoxy) is 1. The van der Waals surface area contributed by atoms with E-state index in [0.717, 1.165) is 12.8 Å². The van der Waals surface area contributed by atoms with Crippen LogP contribution in [0.1, 0.15) is 40.0 Å². The Bertz CT molecular complexity index is 406. The van der Waals surface area contributed by atoms with Gasteiger partial charge in [0.05, 0.1) is 13.5 Å². The highest BCUT2D eigenvalue weighted by atomic mass is 16.5. The van der Waals surface area contributed by atoms with E-state index in [1.54, 1.807) is 6.08 Å². The van der Waals surface area contributed by atoms with Gasteiger partial charge in [0.15, 0.2) is 5.78 Å². The Balaban J connectivity index is 2.26. The Morgan fingerprint density at radius 2 is 2.12 bits per heavy atom. The van der Waals surface area contributed by atoms with Gasteiger partial charge in [-0.15, -0.1) is 0 Å². The van der Waals surface area contributed by atoms with Crippen molar-refractivity contribution in [3.05, 3.63) is 11.6 Å². The predicted octanol–water partition coefficient (Wildman–Crippen LogP) is 2.50. The first-order valence-corrected chi connectivity index (χ1v) is 6.10. The number of fused-ring (bicyclic) bond motifs is 1. The van der Waals surface area contributed by atoms with Gasteiger partial charge in [0.25, 0.3) is 0 Å². The van der Waals surface area contributed by atoms with Crippen molar-refractivity contribution in [1.29, 1.82) is 0 Å². The van der Waals surface area contributed by atoms with Crippen LogP contribution in [-0.4, -0.2) is 18.9 Å². The largest absolute Gasteiger partial charge is 0.469 e. The van der Waals surface area contributed by atoms with Crippen LogP contribution in [0.2, 0.25) is 0 Å². The maximum Gasteiger partial charge on any atom is 0.306 e. The van der Waals surface area contributed by atoms with E-state index in [0.29, 0.717) is 0 Å². The summed E-state index contributed by atoms with van der Waals surface area (Å²) < 4.78 is 4.71. The fraction of sp³-hybridized carbons (Fsp3) is 0.714. The van der Waals surface area contributed by atoms with Crippen molar-refractivity contribution in [2.75, 3.05) is 7.11 Å². The minimum Gasteiger partial charge on any atom is -0.469 e. The van der Waals surface area contributed by atoms with Gasteiger partial charge in [-0.25, -0.2) is 0 Å². The van der Waals surface area contributed by atoms with Crippen molar-refractivity contribution in [3.8, 4) is 0 Å². The monoisotopic (exact) mass is 236 g/mol. The maximum atomic E-state index is 12.1. The minimum atomic E-state index is -0.573. The second kappa shape index (κ2) is 3.69. The smallest absolute Gasteiger partial charge is 0.306 e. The molecule has 0 amide bonds. The normalized spacial score (nSPS) is 34.5. The molecule has 0 aromatic carbocycles. The molecule has 0 bridgehead atoms.